The van der Waals surface area contributed by atoms with Crippen LogP contribution >= 0.6 is 27.3 Å². The van der Waals surface area contributed by atoms with Gasteiger partial charge in [-0.1, -0.05) is 28.1 Å². The average Bonchev–Trinajstić information content (AvgIpc) is 2.85. The first-order chi connectivity index (χ1) is 8.70. The minimum atomic E-state index is -0.157. The summed E-state index contributed by atoms with van der Waals surface area (Å²) in [6.45, 7) is 0. The molecule has 0 saturated heterocycles. The Bertz CT molecular complexity index is 499. The van der Waals surface area contributed by atoms with E-state index in [9.17, 15) is 4.39 Å². The van der Waals surface area contributed by atoms with E-state index in [2.05, 4.69) is 38.8 Å². The summed E-state index contributed by atoms with van der Waals surface area (Å²) in [5.74, 6) is -0.157. The van der Waals surface area contributed by atoms with Crippen LogP contribution in [0.5, 0.6) is 0 Å². The minimum absolute atomic E-state index is 0.0557. The van der Waals surface area contributed by atoms with Crippen LogP contribution in [0.4, 0.5) is 4.39 Å². The smallest absolute Gasteiger partial charge is 0.129 e. The molecule has 0 aliphatic carbocycles. The van der Waals surface area contributed by atoms with Crippen LogP contribution in [0.3, 0.4) is 0 Å². The lowest BCUT2D eigenvalue weighted by Crippen LogP contribution is -2.18. The first kappa shape index (κ1) is 13.7. The van der Waals surface area contributed by atoms with E-state index in [1.165, 1.54) is 10.9 Å². The first-order valence-electron chi connectivity index (χ1n) is 5.85. The van der Waals surface area contributed by atoms with Gasteiger partial charge >= 0.3 is 0 Å². The number of aryl methyl sites for hydroxylation is 1. The van der Waals surface area contributed by atoms with E-state index in [0.717, 1.165) is 22.9 Å². The number of hydrogen-bond donors (Lipinski definition) is 1. The number of thiophene rings is 1. The van der Waals surface area contributed by atoms with Crippen LogP contribution in [0.25, 0.3) is 0 Å². The molecule has 0 fully saturated rings. The third kappa shape index (κ3) is 3.40. The molecule has 0 radical (unpaired) electrons. The summed E-state index contributed by atoms with van der Waals surface area (Å²) in [4.78, 5) is 1.34. The standard InChI is InChI=1S/C14H15BrFNS/c1-17-14(7-5-11-3-2-8-18-11)12-6-4-10(15)9-13(12)16/h2-4,6,8-9,14,17H,5,7H2,1H3. The fourth-order valence-corrected chi connectivity index (χ4v) is 3.04. The van der Waals surface area contributed by atoms with Gasteiger partial charge in [0.2, 0.25) is 0 Å². The maximum atomic E-state index is 13.9. The van der Waals surface area contributed by atoms with E-state index < -0.39 is 0 Å². The second-order valence-corrected chi connectivity index (χ2v) is 6.07. The van der Waals surface area contributed by atoms with Crippen molar-refractivity contribution >= 4 is 27.3 Å². The predicted octanol–water partition coefficient (Wildman–Crippen LogP) is 4.54. The zero-order chi connectivity index (χ0) is 13.0. The monoisotopic (exact) mass is 327 g/mol. The van der Waals surface area contributed by atoms with Crippen molar-refractivity contribution in [2.75, 3.05) is 7.05 Å². The lowest BCUT2D eigenvalue weighted by atomic mass is 10.0. The Hall–Kier alpha value is -0.710. The molecule has 2 aromatic rings. The number of nitrogens with one attached hydrogen (secondary N) is 1. The van der Waals surface area contributed by atoms with Crippen molar-refractivity contribution in [3.05, 3.63) is 56.4 Å². The van der Waals surface area contributed by atoms with E-state index in [1.54, 1.807) is 11.3 Å². The molecule has 0 amide bonds. The molecule has 1 unspecified atom stereocenters. The molecule has 1 aromatic heterocycles. The molecule has 1 aromatic carbocycles. The average molecular weight is 328 g/mol. The number of rotatable bonds is 5. The van der Waals surface area contributed by atoms with Crippen LogP contribution in [-0.4, -0.2) is 7.05 Å². The summed E-state index contributed by atoms with van der Waals surface area (Å²) < 4.78 is 14.7. The fraction of sp³-hybridized carbons (Fsp3) is 0.286. The van der Waals surface area contributed by atoms with Gasteiger partial charge in [0.25, 0.3) is 0 Å². The summed E-state index contributed by atoms with van der Waals surface area (Å²) in [5, 5.41) is 5.26. The molecular formula is C14H15BrFNS. The largest absolute Gasteiger partial charge is 0.313 e. The van der Waals surface area contributed by atoms with Crippen LogP contribution in [0.15, 0.2) is 40.2 Å². The van der Waals surface area contributed by atoms with Crippen molar-refractivity contribution < 1.29 is 4.39 Å². The quantitative estimate of drug-likeness (QED) is 0.849. The van der Waals surface area contributed by atoms with Gasteiger partial charge in [-0.05, 0) is 43.5 Å². The Morgan fingerprint density at radius 2 is 2.22 bits per heavy atom. The van der Waals surface area contributed by atoms with Crippen molar-refractivity contribution in [3.8, 4) is 0 Å². The van der Waals surface area contributed by atoms with Gasteiger partial charge in [-0.3, -0.25) is 0 Å². The molecule has 18 heavy (non-hydrogen) atoms. The van der Waals surface area contributed by atoms with E-state index in [1.807, 2.05) is 19.2 Å². The Morgan fingerprint density at radius 1 is 1.39 bits per heavy atom. The number of benzene rings is 1. The van der Waals surface area contributed by atoms with Gasteiger partial charge in [-0.15, -0.1) is 11.3 Å². The molecule has 0 bridgehead atoms. The second-order valence-electron chi connectivity index (χ2n) is 4.13. The third-order valence-electron chi connectivity index (χ3n) is 2.95. The van der Waals surface area contributed by atoms with Crippen molar-refractivity contribution in [1.82, 2.24) is 5.32 Å². The number of hydrogen-bond acceptors (Lipinski definition) is 2. The molecule has 0 spiro atoms. The lowest BCUT2D eigenvalue weighted by Gasteiger charge is -2.17. The van der Waals surface area contributed by atoms with Gasteiger partial charge in [0.15, 0.2) is 0 Å². The number of halogens is 2. The Labute approximate surface area is 119 Å². The molecule has 4 heteroatoms. The Morgan fingerprint density at radius 3 is 2.83 bits per heavy atom. The van der Waals surface area contributed by atoms with Crippen molar-refractivity contribution in [2.24, 2.45) is 0 Å². The van der Waals surface area contributed by atoms with E-state index in [4.69, 9.17) is 0 Å². The molecule has 1 heterocycles. The molecule has 1 N–H and O–H groups in total. The molecule has 2 rings (SSSR count). The van der Waals surface area contributed by atoms with Crippen molar-refractivity contribution in [1.29, 1.82) is 0 Å². The first-order valence-corrected chi connectivity index (χ1v) is 7.52. The van der Waals surface area contributed by atoms with Gasteiger partial charge in [-0.2, -0.15) is 0 Å². The van der Waals surface area contributed by atoms with E-state index in [0.29, 0.717) is 0 Å². The van der Waals surface area contributed by atoms with Gasteiger partial charge in [-0.25, -0.2) is 4.39 Å². The normalized spacial score (nSPS) is 12.6. The third-order valence-corrected chi connectivity index (χ3v) is 4.38. The van der Waals surface area contributed by atoms with Gasteiger partial charge in [0, 0.05) is 21.0 Å². The molecule has 0 saturated carbocycles. The van der Waals surface area contributed by atoms with Gasteiger partial charge < -0.3 is 5.32 Å². The highest BCUT2D eigenvalue weighted by Gasteiger charge is 2.14. The summed E-state index contributed by atoms with van der Waals surface area (Å²) in [7, 11) is 1.88. The zero-order valence-electron chi connectivity index (χ0n) is 10.1. The molecule has 96 valence electrons. The molecule has 0 aliphatic rings. The van der Waals surface area contributed by atoms with Crippen LogP contribution in [0, 0.1) is 5.82 Å². The van der Waals surface area contributed by atoms with Crippen LogP contribution in [0.1, 0.15) is 22.9 Å². The lowest BCUT2D eigenvalue weighted by molar-refractivity contribution is 0.509. The zero-order valence-corrected chi connectivity index (χ0v) is 12.5. The minimum Gasteiger partial charge on any atom is -0.313 e. The highest BCUT2D eigenvalue weighted by Crippen LogP contribution is 2.25. The summed E-state index contributed by atoms with van der Waals surface area (Å²) in [6, 6.07) is 9.47. The van der Waals surface area contributed by atoms with Crippen molar-refractivity contribution in [2.45, 2.75) is 18.9 Å². The van der Waals surface area contributed by atoms with Crippen molar-refractivity contribution in [3.63, 3.8) is 0 Å². The van der Waals surface area contributed by atoms with E-state index >= 15 is 0 Å². The Kier molecular flexibility index (Phi) is 4.92. The maximum absolute atomic E-state index is 13.9. The highest BCUT2D eigenvalue weighted by molar-refractivity contribution is 9.10. The predicted molar refractivity (Wildman–Crippen MR) is 78.5 cm³/mol. The molecule has 1 atom stereocenters. The van der Waals surface area contributed by atoms with E-state index in [-0.39, 0.29) is 11.9 Å². The summed E-state index contributed by atoms with van der Waals surface area (Å²) in [6.07, 6.45) is 1.87. The van der Waals surface area contributed by atoms with Crippen LogP contribution in [-0.2, 0) is 6.42 Å². The summed E-state index contributed by atoms with van der Waals surface area (Å²) in [5.41, 5.74) is 0.734. The van der Waals surface area contributed by atoms with Crippen LogP contribution in [0.2, 0.25) is 0 Å². The molecule has 1 nitrogen and oxygen atoms in total. The summed E-state index contributed by atoms with van der Waals surface area (Å²) >= 11 is 5.03. The molecule has 0 aliphatic heterocycles. The topological polar surface area (TPSA) is 12.0 Å². The second kappa shape index (κ2) is 6.45. The fourth-order valence-electron chi connectivity index (χ4n) is 1.98. The van der Waals surface area contributed by atoms with Gasteiger partial charge in [0.1, 0.15) is 5.82 Å². The SMILES string of the molecule is CNC(CCc1cccs1)c1ccc(Br)cc1F. The molecular weight excluding hydrogens is 313 g/mol. The maximum Gasteiger partial charge on any atom is 0.129 e. The highest BCUT2D eigenvalue weighted by atomic mass is 79.9. The van der Waals surface area contributed by atoms with Crippen LogP contribution < -0.4 is 5.32 Å². The Balaban J connectivity index is 2.08. The van der Waals surface area contributed by atoms with Gasteiger partial charge in [0.05, 0.1) is 0 Å².